The second kappa shape index (κ2) is 5.41. The fraction of sp³-hybridized carbons (Fsp3) is 0.786. The normalized spacial score (nSPS) is 22.3. The number of aryl methyl sites for hydroxylation is 1. The second-order valence-corrected chi connectivity index (χ2v) is 6.42. The predicted molar refractivity (Wildman–Crippen MR) is 72.4 cm³/mol. The molecule has 1 aromatic rings. The molecule has 4 heteroatoms. The van der Waals surface area contributed by atoms with E-state index in [4.69, 9.17) is 4.74 Å². The molecular formula is C14H25N3O. The van der Waals surface area contributed by atoms with E-state index in [1.54, 1.807) is 0 Å². The van der Waals surface area contributed by atoms with Crippen LogP contribution in [0.5, 0.6) is 0 Å². The minimum atomic E-state index is 0.187. The van der Waals surface area contributed by atoms with Crippen molar-refractivity contribution in [3.05, 3.63) is 18.0 Å². The van der Waals surface area contributed by atoms with E-state index in [0.29, 0.717) is 5.41 Å². The van der Waals surface area contributed by atoms with Gasteiger partial charge in [-0.05, 0) is 18.4 Å². The molecule has 0 bridgehead atoms. The Morgan fingerprint density at radius 3 is 2.83 bits per heavy atom. The summed E-state index contributed by atoms with van der Waals surface area (Å²) in [4.78, 5) is 2.51. The third-order valence-electron chi connectivity index (χ3n) is 3.43. The Kier molecular flexibility index (Phi) is 4.07. The van der Waals surface area contributed by atoms with Crippen LogP contribution in [0.4, 0.5) is 0 Å². The fourth-order valence-corrected chi connectivity index (χ4v) is 2.21. The van der Waals surface area contributed by atoms with E-state index in [1.165, 1.54) is 12.0 Å². The molecule has 0 aliphatic carbocycles. The minimum Gasteiger partial charge on any atom is -0.371 e. The van der Waals surface area contributed by atoms with Gasteiger partial charge < -0.3 is 4.74 Å². The molecule has 1 unspecified atom stereocenters. The molecule has 2 rings (SSSR count). The number of nitrogens with zero attached hydrogens (tertiary/aromatic N) is 3. The SMILES string of the molecule is Cn1cc(C2CN(CCC(C)(C)C)CCO2)cn1. The Balaban J connectivity index is 1.88. The largest absolute Gasteiger partial charge is 0.371 e. The molecule has 1 aromatic heterocycles. The maximum atomic E-state index is 5.84. The lowest BCUT2D eigenvalue weighted by molar-refractivity contribution is -0.0325. The number of hydrogen-bond acceptors (Lipinski definition) is 3. The molecule has 1 atom stereocenters. The molecular weight excluding hydrogens is 226 g/mol. The molecule has 1 aliphatic rings. The van der Waals surface area contributed by atoms with Gasteiger partial charge in [-0.1, -0.05) is 20.8 Å². The van der Waals surface area contributed by atoms with Crippen LogP contribution >= 0.6 is 0 Å². The molecule has 0 spiro atoms. The monoisotopic (exact) mass is 251 g/mol. The molecule has 0 N–H and O–H groups in total. The summed E-state index contributed by atoms with van der Waals surface area (Å²) in [5, 5.41) is 4.22. The van der Waals surface area contributed by atoms with Crippen molar-refractivity contribution in [1.29, 1.82) is 0 Å². The number of ether oxygens (including phenoxy) is 1. The van der Waals surface area contributed by atoms with Crippen LogP contribution in [0.1, 0.15) is 38.9 Å². The zero-order valence-electron chi connectivity index (χ0n) is 12.0. The summed E-state index contributed by atoms with van der Waals surface area (Å²) in [6.07, 6.45) is 5.38. The molecule has 102 valence electrons. The van der Waals surface area contributed by atoms with Crippen LogP contribution in [0, 0.1) is 5.41 Å². The van der Waals surface area contributed by atoms with Gasteiger partial charge in [-0.15, -0.1) is 0 Å². The molecule has 1 fully saturated rings. The lowest BCUT2D eigenvalue weighted by Gasteiger charge is -2.34. The van der Waals surface area contributed by atoms with Crippen molar-refractivity contribution >= 4 is 0 Å². The molecule has 4 nitrogen and oxygen atoms in total. The summed E-state index contributed by atoms with van der Waals surface area (Å²) in [5.41, 5.74) is 1.60. The van der Waals surface area contributed by atoms with Crippen molar-refractivity contribution in [3.63, 3.8) is 0 Å². The van der Waals surface area contributed by atoms with Crippen molar-refractivity contribution in [2.24, 2.45) is 12.5 Å². The fourth-order valence-electron chi connectivity index (χ4n) is 2.21. The molecule has 0 amide bonds. The van der Waals surface area contributed by atoms with Crippen LogP contribution in [0.3, 0.4) is 0 Å². The second-order valence-electron chi connectivity index (χ2n) is 6.42. The van der Waals surface area contributed by atoms with Crippen LogP contribution in [-0.2, 0) is 11.8 Å². The van der Waals surface area contributed by atoms with Crippen LogP contribution in [0.15, 0.2) is 12.4 Å². The van der Waals surface area contributed by atoms with E-state index < -0.39 is 0 Å². The zero-order chi connectivity index (χ0) is 13.2. The average molecular weight is 251 g/mol. The first kappa shape index (κ1) is 13.6. The molecule has 18 heavy (non-hydrogen) atoms. The highest BCUT2D eigenvalue weighted by Crippen LogP contribution is 2.24. The zero-order valence-corrected chi connectivity index (χ0v) is 12.0. The van der Waals surface area contributed by atoms with Crippen molar-refractivity contribution in [2.75, 3.05) is 26.2 Å². The lowest BCUT2D eigenvalue weighted by atomic mass is 9.92. The van der Waals surface area contributed by atoms with Crippen LogP contribution in [0.2, 0.25) is 0 Å². The van der Waals surface area contributed by atoms with Crippen LogP contribution in [0.25, 0.3) is 0 Å². The topological polar surface area (TPSA) is 30.3 Å². The first-order valence-corrected chi connectivity index (χ1v) is 6.76. The highest BCUT2D eigenvalue weighted by atomic mass is 16.5. The first-order chi connectivity index (χ1) is 8.44. The summed E-state index contributed by atoms with van der Waals surface area (Å²) in [6, 6.07) is 0. The van der Waals surface area contributed by atoms with Gasteiger partial charge in [0.25, 0.3) is 0 Å². The summed E-state index contributed by atoms with van der Waals surface area (Å²) >= 11 is 0. The van der Waals surface area contributed by atoms with E-state index in [2.05, 4.69) is 37.0 Å². The standard InChI is InChI=1S/C14H25N3O/c1-14(2,3)5-6-17-7-8-18-13(11-17)12-9-15-16(4)10-12/h9-10,13H,5-8,11H2,1-4H3. The number of aromatic nitrogens is 2. The van der Waals surface area contributed by atoms with Gasteiger partial charge in [0.1, 0.15) is 0 Å². The van der Waals surface area contributed by atoms with Gasteiger partial charge >= 0.3 is 0 Å². The first-order valence-electron chi connectivity index (χ1n) is 6.76. The van der Waals surface area contributed by atoms with E-state index in [0.717, 1.165) is 26.2 Å². The Bertz CT molecular complexity index is 381. The maximum absolute atomic E-state index is 5.84. The van der Waals surface area contributed by atoms with Crippen molar-refractivity contribution in [1.82, 2.24) is 14.7 Å². The number of morpholine rings is 1. The van der Waals surface area contributed by atoms with Gasteiger partial charge in [0.15, 0.2) is 0 Å². The quantitative estimate of drug-likeness (QED) is 0.825. The van der Waals surface area contributed by atoms with Crippen LogP contribution in [-0.4, -0.2) is 40.9 Å². The summed E-state index contributed by atoms with van der Waals surface area (Å²) in [6.45, 7) is 10.9. The summed E-state index contributed by atoms with van der Waals surface area (Å²) < 4.78 is 7.68. The predicted octanol–water partition coefficient (Wildman–Crippen LogP) is 2.23. The minimum absolute atomic E-state index is 0.187. The van der Waals surface area contributed by atoms with Crippen molar-refractivity contribution < 1.29 is 4.74 Å². The third-order valence-corrected chi connectivity index (χ3v) is 3.43. The van der Waals surface area contributed by atoms with Gasteiger partial charge in [0.2, 0.25) is 0 Å². The number of rotatable bonds is 3. The number of hydrogen-bond donors (Lipinski definition) is 0. The van der Waals surface area contributed by atoms with Gasteiger partial charge in [0.05, 0.1) is 18.9 Å². The molecule has 0 aromatic carbocycles. The van der Waals surface area contributed by atoms with Crippen molar-refractivity contribution in [3.8, 4) is 0 Å². The van der Waals surface area contributed by atoms with E-state index >= 15 is 0 Å². The Hall–Kier alpha value is -0.870. The summed E-state index contributed by atoms with van der Waals surface area (Å²) in [5.74, 6) is 0. The van der Waals surface area contributed by atoms with Gasteiger partial charge in [-0.2, -0.15) is 5.10 Å². The van der Waals surface area contributed by atoms with E-state index in [-0.39, 0.29) is 6.10 Å². The van der Waals surface area contributed by atoms with Gasteiger partial charge in [-0.3, -0.25) is 9.58 Å². The van der Waals surface area contributed by atoms with E-state index in [9.17, 15) is 0 Å². The Morgan fingerprint density at radius 1 is 1.44 bits per heavy atom. The highest BCUT2D eigenvalue weighted by Gasteiger charge is 2.23. The smallest absolute Gasteiger partial charge is 0.0982 e. The lowest BCUT2D eigenvalue weighted by Crippen LogP contribution is -2.39. The van der Waals surface area contributed by atoms with Gasteiger partial charge in [-0.25, -0.2) is 0 Å². The maximum Gasteiger partial charge on any atom is 0.0982 e. The Labute approximate surface area is 110 Å². The van der Waals surface area contributed by atoms with Gasteiger partial charge in [0, 0.05) is 31.9 Å². The highest BCUT2D eigenvalue weighted by molar-refractivity contribution is 5.09. The van der Waals surface area contributed by atoms with E-state index in [1.807, 2.05) is 17.9 Å². The summed E-state index contributed by atoms with van der Waals surface area (Å²) in [7, 11) is 1.95. The Morgan fingerprint density at radius 2 is 2.22 bits per heavy atom. The molecule has 2 heterocycles. The van der Waals surface area contributed by atoms with Crippen LogP contribution < -0.4 is 0 Å². The average Bonchev–Trinajstić information content (AvgIpc) is 2.73. The molecule has 1 aliphatic heterocycles. The molecule has 0 radical (unpaired) electrons. The molecule has 1 saturated heterocycles. The molecule has 0 saturated carbocycles. The van der Waals surface area contributed by atoms with Crippen molar-refractivity contribution in [2.45, 2.75) is 33.3 Å². The third kappa shape index (κ3) is 3.82.